The zero-order valence-corrected chi connectivity index (χ0v) is 37.2. The number of hydrogen-bond acceptors (Lipinski definition) is 8. The molecule has 340 valence electrons. The van der Waals surface area contributed by atoms with Gasteiger partial charge in [-0.05, 0) is 70.6 Å². The molecule has 9 nitrogen and oxygen atoms in total. The molecule has 1 amide bonds. The van der Waals surface area contributed by atoms with Crippen molar-refractivity contribution in [2.45, 2.75) is 224 Å². The van der Waals surface area contributed by atoms with Gasteiger partial charge in [0.2, 0.25) is 5.91 Å². The van der Waals surface area contributed by atoms with E-state index in [9.17, 15) is 30.3 Å². The first-order chi connectivity index (χ1) is 28.8. The van der Waals surface area contributed by atoms with Crippen molar-refractivity contribution < 1.29 is 39.8 Å². The molecule has 0 saturated carbocycles. The highest BCUT2D eigenvalue weighted by Gasteiger charge is 2.44. The molecule has 7 unspecified atom stereocenters. The van der Waals surface area contributed by atoms with E-state index in [4.69, 9.17) is 9.47 Å². The number of aliphatic hydroxyl groups excluding tert-OH is 5. The first kappa shape index (κ1) is 54.6. The van der Waals surface area contributed by atoms with Gasteiger partial charge in [0.05, 0.1) is 25.4 Å². The predicted molar refractivity (Wildman–Crippen MR) is 244 cm³/mol. The molecule has 0 aromatic carbocycles. The van der Waals surface area contributed by atoms with Crippen molar-refractivity contribution in [3.05, 3.63) is 72.9 Å². The van der Waals surface area contributed by atoms with Gasteiger partial charge in [-0.25, -0.2) is 0 Å². The van der Waals surface area contributed by atoms with Gasteiger partial charge in [0.25, 0.3) is 0 Å². The van der Waals surface area contributed by atoms with Gasteiger partial charge in [0.15, 0.2) is 6.29 Å². The van der Waals surface area contributed by atoms with Gasteiger partial charge in [-0.3, -0.25) is 4.79 Å². The van der Waals surface area contributed by atoms with Crippen molar-refractivity contribution in [1.29, 1.82) is 0 Å². The monoisotopic (exact) mass is 830 g/mol. The quantitative estimate of drug-likeness (QED) is 0.0266. The Morgan fingerprint density at radius 2 is 1.07 bits per heavy atom. The smallest absolute Gasteiger partial charge is 0.220 e. The SMILES string of the molecule is CC/C=C\C/C=C\C/C=C\C/C=C\CCCCCCCCCCC(=O)NC(COC1OC(CO)C(O)C(O)C1O)C(O)/C=C/CC/C=C/CCCCCCCCCCC. The number of carbonyl (C=O) groups is 1. The standard InChI is InChI=1S/C50H87NO8/c1-3-5-7-9-11-13-15-17-19-20-21-22-23-24-26-28-30-32-34-36-38-40-46(54)51-43(42-58-50-49(57)48(56)47(55)45(41-52)59-50)44(53)39-37-35-33-31-29-27-25-18-16-14-12-10-8-6-4-2/h5,7,11,13,17,19,21-22,29,31,37,39,43-45,47-50,52-53,55-57H,3-4,6,8-10,12,14-16,18,20,23-28,30,32-36,38,40-42H2,1-2H3,(H,51,54)/b7-5-,13-11-,19-17-,22-21-,31-29+,39-37+. The lowest BCUT2D eigenvalue weighted by Crippen LogP contribution is -2.60. The highest BCUT2D eigenvalue weighted by molar-refractivity contribution is 5.76. The molecule has 1 rings (SSSR count). The number of allylic oxidation sites excluding steroid dienone is 11. The molecule has 0 aromatic heterocycles. The van der Waals surface area contributed by atoms with Crippen LogP contribution in [-0.2, 0) is 14.3 Å². The summed E-state index contributed by atoms with van der Waals surface area (Å²) in [6, 6.07) is -0.829. The molecule has 59 heavy (non-hydrogen) atoms. The van der Waals surface area contributed by atoms with Crippen molar-refractivity contribution in [3.8, 4) is 0 Å². The third kappa shape index (κ3) is 30.3. The number of hydrogen-bond donors (Lipinski definition) is 6. The van der Waals surface area contributed by atoms with Crippen LogP contribution in [-0.4, -0.2) is 87.5 Å². The Bertz CT molecular complexity index is 1150. The van der Waals surface area contributed by atoms with Crippen LogP contribution in [0.15, 0.2) is 72.9 Å². The van der Waals surface area contributed by atoms with Crippen LogP contribution in [0.2, 0.25) is 0 Å². The average Bonchev–Trinajstić information content (AvgIpc) is 3.23. The zero-order chi connectivity index (χ0) is 43.0. The molecule has 0 aliphatic carbocycles. The number of nitrogens with one attached hydrogen (secondary N) is 1. The highest BCUT2D eigenvalue weighted by Crippen LogP contribution is 2.22. The number of ether oxygens (including phenoxy) is 2. The highest BCUT2D eigenvalue weighted by atomic mass is 16.7. The normalized spacial score (nSPS) is 21.4. The van der Waals surface area contributed by atoms with E-state index in [2.05, 4.69) is 79.9 Å². The first-order valence-electron chi connectivity index (χ1n) is 23.7. The van der Waals surface area contributed by atoms with Crippen LogP contribution >= 0.6 is 0 Å². The molecule has 0 radical (unpaired) electrons. The molecular weight excluding hydrogens is 743 g/mol. The fourth-order valence-corrected chi connectivity index (χ4v) is 6.98. The van der Waals surface area contributed by atoms with Crippen molar-refractivity contribution in [2.75, 3.05) is 13.2 Å². The minimum atomic E-state index is -1.58. The summed E-state index contributed by atoms with van der Waals surface area (Å²) in [6.07, 6.45) is 46.5. The summed E-state index contributed by atoms with van der Waals surface area (Å²) < 4.78 is 11.2. The summed E-state index contributed by atoms with van der Waals surface area (Å²) in [4.78, 5) is 13.0. The van der Waals surface area contributed by atoms with Crippen LogP contribution in [0.3, 0.4) is 0 Å². The predicted octanol–water partition coefficient (Wildman–Crippen LogP) is 10.2. The Balaban J connectivity index is 2.36. The third-order valence-corrected chi connectivity index (χ3v) is 10.8. The van der Waals surface area contributed by atoms with Crippen LogP contribution < -0.4 is 5.32 Å². The second-order valence-corrected chi connectivity index (χ2v) is 16.2. The number of rotatable bonds is 38. The van der Waals surface area contributed by atoms with E-state index in [1.54, 1.807) is 6.08 Å². The van der Waals surface area contributed by atoms with Crippen LogP contribution in [0, 0.1) is 0 Å². The lowest BCUT2D eigenvalue weighted by molar-refractivity contribution is -0.302. The second kappa shape index (κ2) is 39.7. The van der Waals surface area contributed by atoms with E-state index in [0.29, 0.717) is 6.42 Å². The molecule has 7 atom stereocenters. The Labute approximate surface area is 359 Å². The van der Waals surface area contributed by atoms with E-state index in [1.165, 1.54) is 83.5 Å². The van der Waals surface area contributed by atoms with Crippen molar-refractivity contribution >= 4 is 5.91 Å². The van der Waals surface area contributed by atoms with Crippen LogP contribution in [0.25, 0.3) is 0 Å². The lowest BCUT2D eigenvalue weighted by Gasteiger charge is -2.40. The molecule has 0 bridgehead atoms. The Kier molecular flexibility index (Phi) is 36.8. The summed E-state index contributed by atoms with van der Waals surface area (Å²) in [6.45, 7) is 3.62. The van der Waals surface area contributed by atoms with E-state index in [1.807, 2.05) is 6.08 Å². The van der Waals surface area contributed by atoms with Gasteiger partial charge >= 0.3 is 0 Å². The van der Waals surface area contributed by atoms with Gasteiger partial charge in [-0.15, -0.1) is 0 Å². The topological polar surface area (TPSA) is 149 Å². The number of carbonyl (C=O) groups excluding carboxylic acids is 1. The lowest BCUT2D eigenvalue weighted by atomic mass is 9.99. The maximum absolute atomic E-state index is 13.0. The van der Waals surface area contributed by atoms with E-state index in [-0.39, 0.29) is 12.5 Å². The second-order valence-electron chi connectivity index (χ2n) is 16.2. The van der Waals surface area contributed by atoms with Gasteiger partial charge < -0.3 is 40.3 Å². The summed E-state index contributed by atoms with van der Waals surface area (Å²) >= 11 is 0. The molecule has 1 aliphatic heterocycles. The van der Waals surface area contributed by atoms with E-state index in [0.717, 1.165) is 77.0 Å². The van der Waals surface area contributed by atoms with Crippen LogP contribution in [0.5, 0.6) is 0 Å². The summed E-state index contributed by atoms with van der Waals surface area (Å²) in [5.41, 5.74) is 0. The first-order valence-corrected chi connectivity index (χ1v) is 23.7. The van der Waals surface area contributed by atoms with E-state index >= 15 is 0 Å². The summed E-state index contributed by atoms with van der Waals surface area (Å²) in [5.74, 6) is -0.199. The van der Waals surface area contributed by atoms with Gasteiger partial charge in [-0.2, -0.15) is 0 Å². The number of unbranched alkanes of at least 4 members (excludes halogenated alkanes) is 18. The molecule has 6 N–H and O–H groups in total. The van der Waals surface area contributed by atoms with Crippen molar-refractivity contribution in [1.82, 2.24) is 5.32 Å². The molecule has 0 aromatic rings. The molecule has 0 spiro atoms. The summed E-state index contributed by atoms with van der Waals surface area (Å²) in [7, 11) is 0. The molecule has 1 saturated heterocycles. The van der Waals surface area contributed by atoms with Crippen molar-refractivity contribution in [3.63, 3.8) is 0 Å². The minimum Gasteiger partial charge on any atom is -0.394 e. The molecule has 9 heteroatoms. The van der Waals surface area contributed by atoms with Gasteiger partial charge in [0.1, 0.15) is 24.4 Å². The summed E-state index contributed by atoms with van der Waals surface area (Å²) in [5, 5.41) is 54.2. The van der Waals surface area contributed by atoms with Crippen molar-refractivity contribution in [2.24, 2.45) is 0 Å². The Morgan fingerprint density at radius 1 is 0.593 bits per heavy atom. The number of amides is 1. The number of aliphatic hydroxyl groups is 5. The average molecular weight is 830 g/mol. The van der Waals surface area contributed by atoms with Gasteiger partial charge in [-0.1, -0.05) is 177 Å². The van der Waals surface area contributed by atoms with E-state index < -0.39 is 49.5 Å². The largest absolute Gasteiger partial charge is 0.394 e. The maximum atomic E-state index is 13.0. The minimum absolute atomic E-state index is 0.199. The molecule has 1 heterocycles. The van der Waals surface area contributed by atoms with Crippen LogP contribution in [0.1, 0.15) is 181 Å². The molecule has 1 fully saturated rings. The Morgan fingerprint density at radius 3 is 1.63 bits per heavy atom. The Hall–Kier alpha value is -2.37. The van der Waals surface area contributed by atoms with Gasteiger partial charge in [0, 0.05) is 6.42 Å². The zero-order valence-electron chi connectivity index (χ0n) is 37.2. The fraction of sp³-hybridized carbons (Fsp3) is 0.740. The fourth-order valence-electron chi connectivity index (χ4n) is 6.98. The molecule has 1 aliphatic rings. The molecular formula is C50H87NO8. The third-order valence-electron chi connectivity index (χ3n) is 10.8. The van der Waals surface area contributed by atoms with Crippen LogP contribution in [0.4, 0.5) is 0 Å². The maximum Gasteiger partial charge on any atom is 0.220 e.